The molecule has 3 nitrogen and oxygen atoms in total. The number of benzene rings is 3. The van der Waals surface area contributed by atoms with E-state index in [-0.39, 0.29) is 6.61 Å². The Hall–Kier alpha value is -2.15. The molecule has 0 saturated heterocycles. The highest BCUT2D eigenvalue weighted by atomic mass is 35.5. The van der Waals surface area contributed by atoms with Crippen molar-refractivity contribution in [1.82, 2.24) is 4.57 Å². The minimum atomic E-state index is -0.610. The second-order valence-corrected chi connectivity index (χ2v) is 9.45. The first-order valence-electron chi connectivity index (χ1n) is 10.3. The van der Waals surface area contributed by atoms with Crippen molar-refractivity contribution in [2.45, 2.75) is 25.8 Å². The van der Waals surface area contributed by atoms with Gasteiger partial charge in [-0.3, -0.25) is 0 Å². The molecule has 1 atom stereocenters. The molecule has 9 heteroatoms. The predicted molar refractivity (Wildman–Crippen MR) is 131 cm³/mol. The first kappa shape index (κ1) is 25.0. The van der Waals surface area contributed by atoms with Gasteiger partial charge in [-0.2, -0.15) is 0 Å². The second-order valence-electron chi connectivity index (χ2n) is 7.76. The summed E-state index contributed by atoms with van der Waals surface area (Å²) in [6.45, 7) is 0.982. The molecule has 1 heterocycles. The lowest BCUT2D eigenvalue weighted by atomic mass is 10.1. The van der Waals surface area contributed by atoms with Crippen LogP contribution < -0.4 is 4.57 Å². The molecule has 3 aromatic carbocycles. The van der Waals surface area contributed by atoms with Crippen LogP contribution in [-0.2, 0) is 24.4 Å². The number of nitrogens with zero attached hydrogens (tertiary/aromatic N) is 2. The topological polar surface area (TPSA) is 18.0 Å². The van der Waals surface area contributed by atoms with E-state index in [1.807, 2.05) is 40.0 Å². The van der Waals surface area contributed by atoms with Gasteiger partial charge < -0.3 is 4.74 Å². The smallest absolute Gasteiger partial charge is 0.244 e. The number of halogens is 6. The zero-order chi connectivity index (χ0) is 24.2. The van der Waals surface area contributed by atoms with Gasteiger partial charge >= 0.3 is 0 Å². The number of rotatable bonds is 8. The molecule has 0 bridgehead atoms. The van der Waals surface area contributed by atoms with Crippen LogP contribution in [0.2, 0.25) is 20.1 Å². The number of hydrogen-bond donors (Lipinski definition) is 0. The highest BCUT2D eigenvalue weighted by Gasteiger charge is 2.21. The number of imidazole rings is 1. The first-order chi connectivity index (χ1) is 16.3. The average molecular weight is 543 g/mol. The molecule has 0 aliphatic heterocycles. The third-order valence-electron chi connectivity index (χ3n) is 5.17. The van der Waals surface area contributed by atoms with Gasteiger partial charge in [0.2, 0.25) is 6.33 Å². The standard InChI is InChI=1S/C25H19Cl4F2N2O/c26-18-2-1-17(23(28)9-18)14-34-25(22-4-3-19(27)10-24(22)29)13-33-6-5-32(15-33)12-16-7-20(30)11-21(31)8-16/h1-11,15,25H,12-14H2/q+1. The quantitative estimate of drug-likeness (QED) is 0.209. The molecular formula is C25H19Cl4F2N2O+. The van der Waals surface area contributed by atoms with Gasteiger partial charge in [0.05, 0.1) is 6.61 Å². The molecule has 0 aliphatic carbocycles. The Bertz CT molecular complexity index is 1290. The maximum absolute atomic E-state index is 13.5. The van der Waals surface area contributed by atoms with E-state index < -0.39 is 17.7 Å². The van der Waals surface area contributed by atoms with Crippen molar-refractivity contribution in [3.63, 3.8) is 0 Å². The van der Waals surface area contributed by atoms with Crippen LogP contribution in [0.3, 0.4) is 0 Å². The Morgan fingerprint density at radius 2 is 1.53 bits per heavy atom. The van der Waals surface area contributed by atoms with Crippen LogP contribution in [0.5, 0.6) is 0 Å². The third-order valence-corrected chi connectivity index (χ3v) is 6.32. The molecule has 34 heavy (non-hydrogen) atoms. The normalized spacial score (nSPS) is 12.2. The summed E-state index contributed by atoms with van der Waals surface area (Å²) in [7, 11) is 0. The molecule has 176 valence electrons. The largest absolute Gasteiger partial charge is 0.365 e. The SMILES string of the molecule is Fc1cc(F)cc(C[n+]2ccn(CC(OCc3ccc(Cl)cc3Cl)c3ccc(Cl)cc3Cl)c2)c1. The molecule has 0 aliphatic rings. The van der Waals surface area contributed by atoms with E-state index in [1.165, 1.54) is 12.1 Å². The van der Waals surface area contributed by atoms with Crippen molar-refractivity contribution in [3.05, 3.63) is 122 Å². The number of ether oxygens (including phenoxy) is 1. The molecule has 0 radical (unpaired) electrons. The van der Waals surface area contributed by atoms with E-state index in [9.17, 15) is 8.78 Å². The Kier molecular flexibility index (Phi) is 8.12. The molecule has 0 saturated carbocycles. The first-order valence-corrected chi connectivity index (χ1v) is 11.8. The van der Waals surface area contributed by atoms with E-state index in [4.69, 9.17) is 51.1 Å². The van der Waals surface area contributed by atoms with Crippen molar-refractivity contribution in [2.75, 3.05) is 0 Å². The Labute approximate surface area is 216 Å². The minimum Gasteiger partial charge on any atom is -0.365 e. The highest BCUT2D eigenvalue weighted by Crippen LogP contribution is 2.31. The third kappa shape index (κ3) is 6.49. The lowest BCUT2D eigenvalue weighted by Crippen LogP contribution is -2.32. The van der Waals surface area contributed by atoms with Crippen molar-refractivity contribution in [1.29, 1.82) is 0 Å². The van der Waals surface area contributed by atoms with E-state index in [0.717, 1.165) is 17.2 Å². The van der Waals surface area contributed by atoms with E-state index >= 15 is 0 Å². The summed E-state index contributed by atoms with van der Waals surface area (Å²) in [4.78, 5) is 0. The summed E-state index contributed by atoms with van der Waals surface area (Å²) < 4.78 is 37.0. The lowest BCUT2D eigenvalue weighted by molar-refractivity contribution is -0.687. The molecule has 0 amide bonds. The van der Waals surface area contributed by atoms with Crippen molar-refractivity contribution >= 4 is 46.4 Å². The fraction of sp³-hybridized carbons (Fsp3) is 0.160. The van der Waals surface area contributed by atoms with E-state index in [2.05, 4.69) is 0 Å². The van der Waals surface area contributed by atoms with Gasteiger partial charge in [-0.05, 0) is 47.5 Å². The van der Waals surface area contributed by atoms with Crippen LogP contribution in [0.4, 0.5) is 8.78 Å². The summed E-state index contributed by atoms with van der Waals surface area (Å²) in [6, 6.07) is 13.9. The number of hydrogen-bond acceptors (Lipinski definition) is 1. The molecule has 0 N–H and O–H groups in total. The molecule has 0 spiro atoms. The summed E-state index contributed by atoms with van der Waals surface area (Å²) in [5, 5.41) is 2.06. The molecular weight excluding hydrogens is 524 g/mol. The maximum atomic E-state index is 13.5. The van der Waals surface area contributed by atoms with Crippen molar-refractivity contribution < 1.29 is 18.1 Å². The van der Waals surface area contributed by atoms with Gasteiger partial charge in [0.1, 0.15) is 43.2 Å². The van der Waals surface area contributed by atoms with Crippen LogP contribution in [0.25, 0.3) is 0 Å². The Balaban J connectivity index is 1.54. The van der Waals surface area contributed by atoms with Crippen molar-refractivity contribution in [2.24, 2.45) is 0 Å². The summed E-state index contributed by atoms with van der Waals surface area (Å²) in [6.07, 6.45) is 5.08. The van der Waals surface area contributed by atoms with Crippen LogP contribution >= 0.6 is 46.4 Å². The zero-order valence-electron chi connectivity index (χ0n) is 17.7. The van der Waals surface area contributed by atoms with Crippen LogP contribution in [0.1, 0.15) is 22.8 Å². The van der Waals surface area contributed by atoms with E-state index in [1.54, 1.807) is 24.3 Å². The second kappa shape index (κ2) is 11.1. The van der Waals surface area contributed by atoms with E-state index in [0.29, 0.717) is 38.7 Å². The van der Waals surface area contributed by atoms with Crippen LogP contribution in [0, 0.1) is 11.6 Å². The van der Waals surface area contributed by atoms with Gasteiger partial charge in [-0.15, -0.1) is 0 Å². The fourth-order valence-electron chi connectivity index (χ4n) is 3.58. The van der Waals surface area contributed by atoms with Gasteiger partial charge in [0.15, 0.2) is 0 Å². The van der Waals surface area contributed by atoms with Gasteiger partial charge in [-0.25, -0.2) is 17.9 Å². The lowest BCUT2D eigenvalue weighted by Gasteiger charge is -2.19. The number of aromatic nitrogens is 2. The maximum Gasteiger partial charge on any atom is 0.244 e. The molecule has 4 aromatic rings. The molecule has 1 aromatic heterocycles. The molecule has 0 fully saturated rings. The van der Waals surface area contributed by atoms with Gasteiger partial charge in [0, 0.05) is 31.7 Å². The summed E-state index contributed by atoms with van der Waals surface area (Å²) in [5.41, 5.74) is 2.08. The Morgan fingerprint density at radius 3 is 2.21 bits per heavy atom. The van der Waals surface area contributed by atoms with Gasteiger partial charge in [-0.1, -0.05) is 58.5 Å². The minimum absolute atomic E-state index is 0.240. The predicted octanol–water partition coefficient (Wildman–Crippen LogP) is 7.67. The van der Waals surface area contributed by atoms with Crippen LogP contribution in [0.15, 0.2) is 73.3 Å². The fourth-order valence-corrected chi connectivity index (χ4v) is 4.57. The van der Waals surface area contributed by atoms with Crippen molar-refractivity contribution in [3.8, 4) is 0 Å². The van der Waals surface area contributed by atoms with Gasteiger partial charge in [0.25, 0.3) is 0 Å². The van der Waals surface area contributed by atoms with Crippen LogP contribution in [-0.4, -0.2) is 4.57 Å². The zero-order valence-corrected chi connectivity index (χ0v) is 20.7. The summed E-state index contributed by atoms with van der Waals surface area (Å²) >= 11 is 24.8. The summed E-state index contributed by atoms with van der Waals surface area (Å²) in [5.74, 6) is -1.22. The monoisotopic (exact) mass is 541 g/mol. The average Bonchev–Trinajstić information content (AvgIpc) is 3.18. The molecule has 4 rings (SSSR count). The molecule has 1 unspecified atom stereocenters. The Morgan fingerprint density at radius 1 is 0.853 bits per heavy atom. The highest BCUT2D eigenvalue weighted by molar-refractivity contribution is 6.35.